The highest BCUT2D eigenvalue weighted by Crippen LogP contribution is 2.27. The number of aliphatic carboxylic acids is 5. The van der Waals surface area contributed by atoms with Gasteiger partial charge in [-0.15, -0.1) is 0 Å². The molecule has 17 nitrogen and oxygen atoms in total. The summed E-state index contributed by atoms with van der Waals surface area (Å²) >= 11 is 0. The number of carbonyl (C=O) groups is 8. The second-order valence-corrected chi connectivity index (χ2v) is 18.1. The number of unbranched alkanes of at least 4 members (excludes halogenated alkanes) is 20. The largest absolute Gasteiger partial charge is 0.481 e. The molecule has 3 unspecified atom stereocenters. The van der Waals surface area contributed by atoms with Gasteiger partial charge in [-0.25, -0.2) is 19.2 Å². The van der Waals surface area contributed by atoms with Crippen LogP contribution in [0, 0.1) is 5.92 Å². The van der Waals surface area contributed by atoms with E-state index in [1.165, 1.54) is 89.9 Å². The molecule has 68 heavy (non-hydrogen) atoms. The summed E-state index contributed by atoms with van der Waals surface area (Å²) in [5.41, 5.74) is -5.42. The van der Waals surface area contributed by atoms with Crippen LogP contribution < -0.4 is 0 Å². The van der Waals surface area contributed by atoms with Gasteiger partial charge in [0.2, 0.25) is 5.60 Å². The van der Waals surface area contributed by atoms with Crippen molar-refractivity contribution >= 4 is 47.8 Å². The van der Waals surface area contributed by atoms with Crippen LogP contribution >= 0.6 is 0 Å². The van der Waals surface area contributed by atoms with Gasteiger partial charge in [-0.2, -0.15) is 0 Å². The maximum Gasteiger partial charge on any atom is 0.348 e. The second kappa shape index (κ2) is 41.2. The molecular formula is C51H86O17. The van der Waals surface area contributed by atoms with Gasteiger partial charge in [0.15, 0.2) is 18.3 Å². The second-order valence-electron chi connectivity index (χ2n) is 18.1. The molecule has 0 aromatic rings. The van der Waals surface area contributed by atoms with Crippen LogP contribution in [0.2, 0.25) is 0 Å². The summed E-state index contributed by atoms with van der Waals surface area (Å²) in [5.74, 6) is -11.0. The Morgan fingerprint density at radius 2 is 0.985 bits per heavy atom. The van der Waals surface area contributed by atoms with Gasteiger partial charge in [0, 0.05) is 6.42 Å². The minimum absolute atomic E-state index is 0.262. The fourth-order valence-corrected chi connectivity index (χ4v) is 7.09. The Morgan fingerprint density at radius 1 is 0.515 bits per heavy atom. The third-order valence-corrected chi connectivity index (χ3v) is 11.1. The van der Waals surface area contributed by atoms with Gasteiger partial charge in [-0.1, -0.05) is 161 Å². The molecule has 0 aliphatic rings. The first-order valence-electron chi connectivity index (χ1n) is 24.9. The number of hydrogen-bond acceptors (Lipinski definition) is 12. The molecule has 392 valence electrons. The topological polar surface area (TPSA) is 286 Å². The van der Waals surface area contributed by atoms with E-state index in [9.17, 15) is 53.7 Å². The first-order valence-corrected chi connectivity index (χ1v) is 24.9. The molecule has 0 aromatic carbocycles. The monoisotopic (exact) mass is 971 g/mol. The maximum absolute atomic E-state index is 12.6. The van der Waals surface area contributed by atoms with E-state index < -0.39 is 90.9 Å². The van der Waals surface area contributed by atoms with Crippen LogP contribution in [0.3, 0.4) is 0 Å². The summed E-state index contributed by atoms with van der Waals surface area (Å²) in [6, 6.07) is 0. The number of ether oxygens (including phenoxy) is 3. The third kappa shape index (κ3) is 38.2. The molecule has 0 amide bonds. The van der Waals surface area contributed by atoms with Crippen LogP contribution in [-0.4, -0.2) is 102 Å². The normalized spacial score (nSPS) is 13.5. The molecule has 0 rings (SSSR count). The minimum atomic E-state index is -3.00. The predicted octanol–water partition coefficient (Wildman–Crippen LogP) is 10.4. The van der Waals surface area contributed by atoms with Crippen LogP contribution in [0.5, 0.6) is 0 Å². The average molecular weight is 971 g/mol. The smallest absolute Gasteiger partial charge is 0.348 e. The zero-order valence-corrected chi connectivity index (χ0v) is 41.6. The Labute approximate surface area is 404 Å². The lowest BCUT2D eigenvalue weighted by atomic mass is 9.91. The summed E-state index contributed by atoms with van der Waals surface area (Å²) in [5, 5.41) is 55.3. The summed E-state index contributed by atoms with van der Waals surface area (Å²) in [7, 11) is 0. The number of allylic oxidation sites excluding steroid dienone is 4. The lowest BCUT2D eigenvalue weighted by Gasteiger charge is -2.29. The van der Waals surface area contributed by atoms with Crippen molar-refractivity contribution in [2.75, 3.05) is 6.61 Å². The van der Waals surface area contributed by atoms with E-state index in [4.69, 9.17) is 24.8 Å². The molecule has 0 saturated heterocycles. The Bertz CT molecular complexity index is 1510. The Balaban J connectivity index is 0. The molecule has 3 atom stereocenters. The molecular weight excluding hydrogens is 885 g/mol. The number of carboxylic acid groups (broad SMARTS) is 5. The van der Waals surface area contributed by atoms with Crippen LogP contribution in [0.15, 0.2) is 24.3 Å². The molecule has 0 heterocycles. The van der Waals surface area contributed by atoms with Gasteiger partial charge in [-0.3, -0.25) is 19.2 Å². The molecule has 0 spiro atoms. The van der Waals surface area contributed by atoms with Crippen molar-refractivity contribution in [3.63, 3.8) is 0 Å². The van der Waals surface area contributed by atoms with Gasteiger partial charge >= 0.3 is 47.8 Å². The summed E-state index contributed by atoms with van der Waals surface area (Å²) in [6.45, 7) is 6.57. The van der Waals surface area contributed by atoms with Gasteiger partial charge < -0.3 is 44.8 Å². The summed E-state index contributed by atoms with van der Waals surface area (Å²) in [6.07, 6.45) is 31.3. The molecule has 0 bridgehead atoms. The molecule has 0 aliphatic carbocycles. The van der Waals surface area contributed by atoms with Crippen molar-refractivity contribution in [1.82, 2.24) is 0 Å². The maximum atomic E-state index is 12.6. The van der Waals surface area contributed by atoms with Crippen LogP contribution in [0.25, 0.3) is 0 Å². The predicted molar refractivity (Wildman–Crippen MR) is 256 cm³/mol. The van der Waals surface area contributed by atoms with Crippen LogP contribution in [-0.2, 0) is 52.6 Å². The highest BCUT2D eigenvalue weighted by Gasteiger charge is 2.46. The summed E-state index contributed by atoms with van der Waals surface area (Å²) < 4.78 is 14.3. The van der Waals surface area contributed by atoms with Crippen molar-refractivity contribution < 1.29 is 83.2 Å². The fourth-order valence-electron chi connectivity index (χ4n) is 7.09. The average Bonchev–Trinajstić information content (AvgIpc) is 3.24. The lowest BCUT2D eigenvalue weighted by Crippen LogP contribution is -2.47. The van der Waals surface area contributed by atoms with Gasteiger partial charge in [0.25, 0.3) is 0 Å². The standard InChI is InChI=1S/C33H54O15.C18H32O2/c1-23(2)17-15-13-11-9-7-5-4-6-8-10-12-14-16-18-33(31(43)44,20-26(36)37)48-29(40)24(3)47-28(39)22-46-27(38)21-32(45,30(41)42)19-25(34)35;1-2-3-4-5-6-7-8-9-10-11-12-13-14-15-16-17-18(19)20/h23-24,45H,4-22H2,1-3H3,(H,34,35)(H,36,37)(H,41,42)(H,43,44);6-7,9-10H,2-5,8,11-17H2,1H3,(H,19,20)/b;7-6-,10-9-. The Morgan fingerprint density at radius 3 is 1.44 bits per heavy atom. The first kappa shape index (κ1) is 65.3. The molecule has 0 fully saturated rings. The first-order chi connectivity index (χ1) is 32.2. The quantitative estimate of drug-likeness (QED) is 0.0143. The van der Waals surface area contributed by atoms with E-state index in [2.05, 4.69) is 49.8 Å². The van der Waals surface area contributed by atoms with Gasteiger partial charge in [0.05, 0.1) is 19.3 Å². The van der Waals surface area contributed by atoms with Gasteiger partial charge in [0.1, 0.15) is 0 Å². The molecule has 0 saturated carbocycles. The molecule has 6 N–H and O–H groups in total. The zero-order chi connectivity index (χ0) is 51.6. The van der Waals surface area contributed by atoms with E-state index in [0.29, 0.717) is 12.8 Å². The van der Waals surface area contributed by atoms with Crippen LogP contribution in [0.4, 0.5) is 0 Å². The van der Waals surface area contributed by atoms with Crippen molar-refractivity contribution in [1.29, 1.82) is 0 Å². The number of aliphatic hydroxyl groups is 1. The van der Waals surface area contributed by atoms with Crippen molar-refractivity contribution in [2.24, 2.45) is 5.92 Å². The zero-order valence-electron chi connectivity index (χ0n) is 41.6. The highest BCUT2D eigenvalue weighted by atomic mass is 16.6. The third-order valence-electron chi connectivity index (χ3n) is 11.1. The number of esters is 3. The molecule has 0 aliphatic heterocycles. The van der Waals surface area contributed by atoms with E-state index in [-0.39, 0.29) is 12.8 Å². The van der Waals surface area contributed by atoms with Crippen molar-refractivity contribution in [2.45, 2.75) is 238 Å². The van der Waals surface area contributed by atoms with E-state index in [1.54, 1.807) is 0 Å². The lowest BCUT2D eigenvalue weighted by molar-refractivity contribution is -0.192. The molecule has 17 heteroatoms. The number of rotatable bonds is 43. The number of hydrogen-bond donors (Lipinski definition) is 6. The van der Waals surface area contributed by atoms with Gasteiger partial charge in [-0.05, 0) is 64.2 Å². The molecule has 0 radical (unpaired) electrons. The summed E-state index contributed by atoms with van der Waals surface area (Å²) in [4.78, 5) is 92.4. The van der Waals surface area contributed by atoms with Crippen molar-refractivity contribution in [3.05, 3.63) is 24.3 Å². The Hall–Kier alpha value is -4.80. The van der Waals surface area contributed by atoms with Crippen molar-refractivity contribution in [3.8, 4) is 0 Å². The SMILES string of the molecule is CC(C)CCCCCCCCCCCCCCCC(CC(=O)O)(OC(=O)C(C)OC(=O)COC(=O)CC(O)(CC(=O)O)C(=O)O)C(=O)O.CCCCC/C=C\C/C=C\CCCCCCCC(=O)O. The van der Waals surface area contributed by atoms with E-state index in [0.717, 1.165) is 70.6 Å². The van der Waals surface area contributed by atoms with E-state index in [1.807, 2.05) is 0 Å². The Kier molecular flexibility index (Phi) is 39.5. The minimum Gasteiger partial charge on any atom is -0.481 e. The highest BCUT2D eigenvalue weighted by molar-refractivity contribution is 5.90. The fraction of sp³-hybridized carbons (Fsp3) is 0.765. The molecule has 0 aromatic heterocycles. The number of carboxylic acids is 5. The number of carbonyl (C=O) groups excluding carboxylic acids is 3. The van der Waals surface area contributed by atoms with Crippen LogP contribution in [0.1, 0.15) is 220 Å². The van der Waals surface area contributed by atoms with E-state index >= 15 is 0 Å².